The lowest BCUT2D eigenvalue weighted by Crippen LogP contribution is -2.34. The summed E-state index contributed by atoms with van der Waals surface area (Å²) in [6.45, 7) is 2.18. The van der Waals surface area contributed by atoms with E-state index in [9.17, 15) is 8.42 Å². The van der Waals surface area contributed by atoms with Crippen LogP contribution in [-0.4, -0.2) is 37.5 Å². The summed E-state index contributed by atoms with van der Waals surface area (Å²) in [7, 11) is -3.55. The van der Waals surface area contributed by atoms with Crippen LogP contribution in [0, 0.1) is 0 Å². The minimum atomic E-state index is -3.55. The van der Waals surface area contributed by atoms with Crippen molar-refractivity contribution in [2.75, 3.05) is 25.4 Å². The molecular weight excluding hydrogens is 240 g/mol. The van der Waals surface area contributed by atoms with Crippen LogP contribution in [0.4, 0.5) is 5.69 Å². The molecule has 0 unspecified atom stereocenters. The molecule has 0 spiro atoms. The van der Waals surface area contributed by atoms with Gasteiger partial charge in [-0.2, -0.15) is 4.31 Å². The average Bonchev–Trinajstić information content (AvgIpc) is 2.29. The number of anilines is 1. The summed E-state index contributed by atoms with van der Waals surface area (Å²) >= 11 is 0. The van der Waals surface area contributed by atoms with Crippen LogP contribution in [0.2, 0.25) is 0 Å². The molecule has 0 aliphatic carbocycles. The van der Waals surface area contributed by atoms with Crippen LogP contribution in [0.5, 0.6) is 0 Å². The maximum absolute atomic E-state index is 12.2. The molecule has 0 aromatic heterocycles. The molecule has 0 radical (unpaired) electrons. The molecule has 0 amide bonds. The maximum atomic E-state index is 12.2. The molecule has 0 aliphatic rings. The summed E-state index contributed by atoms with van der Waals surface area (Å²) in [5.41, 5.74) is 5.98. The zero-order chi connectivity index (χ0) is 12.9. The second-order valence-electron chi connectivity index (χ2n) is 3.70. The fourth-order valence-corrected chi connectivity index (χ4v) is 3.12. The van der Waals surface area contributed by atoms with Crippen LogP contribution in [-0.2, 0) is 10.0 Å². The van der Waals surface area contributed by atoms with Gasteiger partial charge in [0.2, 0.25) is 10.0 Å². The molecule has 0 heterocycles. The Balaban J connectivity index is 3.07. The van der Waals surface area contributed by atoms with E-state index in [-0.39, 0.29) is 18.0 Å². The number of aliphatic hydroxyl groups is 1. The van der Waals surface area contributed by atoms with Gasteiger partial charge in [0, 0.05) is 18.8 Å². The topological polar surface area (TPSA) is 83.6 Å². The summed E-state index contributed by atoms with van der Waals surface area (Å²) < 4.78 is 25.7. The fourth-order valence-electron chi connectivity index (χ4n) is 1.54. The molecule has 0 aliphatic heterocycles. The number of rotatable bonds is 6. The summed E-state index contributed by atoms with van der Waals surface area (Å²) in [5.74, 6) is 0. The van der Waals surface area contributed by atoms with Gasteiger partial charge in [-0.1, -0.05) is 13.0 Å². The number of hydrogen-bond donors (Lipinski definition) is 2. The summed E-state index contributed by atoms with van der Waals surface area (Å²) in [4.78, 5) is 0.166. The first kappa shape index (κ1) is 14.0. The Morgan fingerprint density at radius 1 is 1.35 bits per heavy atom. The minimum Gasteiger partial charge on any atom is -0.399 e. The normalized spacial score (nSPS) is 11.9. The van der Waals surface area contributed by atoms with Gasteiger partial charge < -0.3 is 10.8 Å². The summed E-state index contributed by atoms with van der Waals surface area (Å²) in [6, 6.07) is 6.17. The SMILES string of the molecule is CCCN(CCO)S(=O)(=O)c1cccc(N)c1. The average molecular weight is 258 g/mol. The molecule has 1 rings (SSSR count). The molecule has 5 nitrogen and oxygen atoms in total. The highest BCUT2D eigenvalue weighted by Gasteiger charge is 2.23. The van der Waals surface area contributed by atoms with Gasteiger partial charge in [0.1, 0.15) is 0 Å². The van der Waals surface area contributed by atoms with Crippen molar-refractivity contribution >= 4 is 15.7 Å². The Hall–Kier alpha value is -1.11. The Kier molecular flexibility index (Phi) is 4.92. The molecule has 3 N–H and O–H groups in total. The van der Waals surface area contributed by atoms with Gasteiger partial charge in [-0.25, -0.2) is 8.42 Å². The van der Waals surface area contributed by atoms with Gasteiger partial charge in [-0.15, -0.1) is 0 Å². The van der Waals surface area contributed by atoms with Gasteiger partial charge in [0.25, 0.3) is 0 Å². The first-order chi connectivity index (χ1) is 8.02. The number of nitrogens with two attached hydrogens (primary N) is 1. The number of benzene rings is 1. The molecule has 1 aromatic carbocycles. The van der Waals surface area contributed by atoms with Crippen molar-refractivity contribution in [1.29, 1.82) is 0 Å². The molecular formula is C11H18N2O3S. The molecule has 0 atom stereocenters. The molecule has 0 saturated carbocycles. The Morgan fingerprint density at radius 3 is 2.59 bits per heavy atom. The number of hydrogen-bond acceptors (Lipinski definition) is 4. The lowest BCUT2D eigenvalue weighted by molar-refractivity contribution is 0.253. The van der Waals surface area contributed by atoms with E-state index in [1.807, 2.05) is 6.92 Å². The van der Waals surface area contributed by atoms with E-state index in [1.54, 1.807) is 12.1 Å². The van der Waals surface area contributed by atoms with Crippen LogP contribution in [0.1, 0.15) is 13.3 Å². The Morgan fingerprint density at radius 2 is 2.06 bits per heavy atom. The quantitative estimate of drug-likeness (QED) is 0.734. The lowest BCUT2D eigenvalue weighted by Gasteiger charge is -2.20. The zero-order valence-electron chi connectivity index (χ0n) is 9.83. The largest absolute Gasteiger partial charge is 0.399 e. The van der Waals surface area contributed by atoms with Crippen molar-refractivity contribution in [3.8, 4) is 0 Å². The molecule has 0 bridgehead atoms. The van der Waals surface area contributed by atoms with Crippen molar-refractivity contribution < 1.29 is 13.5 Å². The van der Waals surface area contributed by atoms with Crippen molar-refractivity contribution in [3.05, 3.63) is 24.3 Å². The number of sulfonamides is 1. The van der Waals surface area contributed by atoms with Crippen molar-refractivity contribution in [3.63, 3.8) is 0 Å². The number of aliphatic hydroxyl groups excluding tert-OH is 1. The van der Waals surface area contributed by atoms with Gasteiger partial charge in [-0.3, -0.25) is 0 Å². The smallest absolute Gasteiger partial charge is 0.243 e. The molecule has 96 valence electrons. The lowest BCUT2D eigenvalue weighted by atomic mass is 10.3. The van der Waals surface area contributed by atoms with Gasteiger partial charge in [0.15, 0.2) is 0 Å². The Labute approximate surface area is 102 Å². The van der Waals surface area contributed by atoms with E-state index >= 15 is 0 Å². The third-order valence-corrected chi connectivity index (χ3v) is 4.21. The standard InChI is InChI=1S/C11H18N2O3S/c1-2-6-13(7-8-14)17(15,16)11-5-3-4-10(12)9-11/h3-5,9,14H,2,6-8,12H2,1H3. The maximum Gasteiger partial charge on any atom is 0.243 e. The third-order valence-electron chi connectivity index (χ3n) is 2.32. The van der Waals surface area contributed by atoms with Gasteiger partial charge in [0.05, 0.1) is 11.5 Å². The zero-order valence-corrected chi connectivity index (χ0v) is 10.7. The molecule has 0 saturated heterocycles. The van der Waals surface area contributed by atoms with Crippen LogP contribution in [0.15, 0.2) is 29.2 Å². The van der Waals surface area contributed by atoms with E-state index in [0.717, 1.165) is 0 Å². The highest BCUT2D eigenvalue weighted by Crippen LogP contribution is 2.18. The van der Waals surface area contributed by atoms with E-state index in [0.29, 0.717) is 18.7 Å². The number of nitrogens with zero attached hydrogens (tertiary/aromatic N) is 1. The second kappa shape index (κ2) is 6.00. The van der Waals surface area contributed by atoms with Gasteiger partial charge >= 0.3 is 0 Å². The minimum absolute atomic E-state index is 0.102. The predicted molar refractivity (Wildman–Crippen MR) is 67.0 cm³/mol. The fraction of sp³-hybridized carbons (Fsp3) is 0.455. The molecule has 17 heavy (non-hydrogen) atoms. The number of nitrogen functional groups attached to an aromatic ring is 1. The van der Waals surface area contributed by atoms with E-state index in [1.165, 1.54) is 16.4 Å². The van der Waals surface area contributed by atoms with Crippen LogP contribution >= 0.6 is 0 Å². The van der Waals surface area contributed by atoms with Crippen LogP contribution in [0.25, 0.3) is 0 Å². The van der Waals surface area contributed by atoms with E-state index < -0.39 is 10.0 Å². The monoisotopic (exact) mass is 258 g/mol. The van der Waals surface area contributed by atoms with Crippen molar-refractivity contribution in [2.45, 2.75) is 18.2 Å². The van der Waals surface area contributed by atoms with Crippen molar-refractivity contribution in [2.24, 2.45) is 0 Å². The van der Waals surface area contributed by atoms with E-state index in [2.05, 4.69) is 0 Å². The predicted octanol–water partition coefficient (Wildman–Crippen LogP) is 0.662. The van der Waals surface area contributed by atoms with E-state index in [4.69, 9.17) is 10.8 Å². The second-order valence-corrected chi connectivity index (χ2v) is 5.64. The third kappa shape index (κ3) is 3.42. The first-order valence-electron chi connectivity index (χ1n) is 5.49. The molecule has 6 heteroatoms. The van der Waals surface area contributed by atoms with Crippen LogP contribution in [0.3, 0.4) is 0 Å². The Bertz CT molecular complexity index is 454. The highest BCUT2D eigenvalue weighted by molar-refractivity contribution is 7.89. The van der Waals surface area contributed by atoms with Crippen LogP contribution < -0.4 is 5.73 Å². The van der Waals surface area contributed by atoms with Gasteiger partial charge in [-0.05, 0) is 24.6 Å². The first-order valence-corrected chi connectivity index (χ1v) is 6.93. The van der Waals surface area contributed by atoms with Crippen molar-refractivity contribution in [1.82, 2.24) is 4.31 Å². The molecule has 1 aromatic rings. The summed E-state index contributed by atoms with van der Waals surface area (Å²) in [5, 5.41) is 8.90. The molecule has 0 fully saturated rings. The highest BCUT2D eigenvalue weighted by atomic mass is 32.2. The summed E-state index contributed by atoms with van der Waals surface area (Å²) in [6.07, 6.45) is 0.696.